The number of amidine groups is 1. The van der Waals surface area contributed by atoms with Crippen molar-refractivity contribution in [1.82, 2.24) is 14.8 Å². The first kappa shape index (κ1) is 28.7. The third-order valence-corrected chi connectivity index (χ3v) is 7.03. The number of aliphatic imine (C=N–C) groups is 1. The lowest BCUT2D eigenvalue weighted by Gasteiger charge is -2.21. The molecule has 1 fully saturated rings. The number of benzene rings is 3. The maximum atomic E-state index is 12.8. The zero-order valence-corrected chi connectivity index (χ0v) is 23.1. The number of alkyl halides is 3. The molecular weight excluding hydrogens is 571 g/mol. The Labute approximate surface area is 242 Å². The molecule has 0 unspecified atom stereocenters. The lowest BCUT2D eigenvalue weighted by atomic mass is 10.0. The van der Waals surface area contributed by atoms with Gasteiger partial charge in [0.15, 0.2) is 11.0 Å². The Kier molecular flexibility index (Phi) is 7.89. The van der Waals surface area contributed by atoms with Crippen LogP contribution in [0, 0.1) is 0 Å². The summed E-state index contributed by atoms with van der Waals surface area (Å²) >= 11 is 1.20. The van der Waals surface area contributed by atoms with Gasteiger partial charge in [-0.2, -0.15) is 14.7 Å². The highest BCUT2D eigenvalue weighted by Crippen LogP contribution is 2.33. The highest BCUT2D eigenvalue weighted by Gasteiger charge is 2.32. The van der Waals surface area contributed by atoms with Gasteiger partial charge in [0.2, 0.25) is 11.9 Å². The average molecular weight is 596 g/mol. The predicted molar refractivity (Wildman–Crippen MR) is 155 cm³/mol. The Morgan fingerprint density at radius 1 is 1.07 bits per heavy atom. The van der Waals surface area contributed by atoms with E-state index in [0.29, 0.717) is 27.8 Å². The molecule has 10 nitrogen and oxygen atoms in total. The van der Waals surface area contributed by atoms with E-state index >= 15 is 0 Å². The molecule has 0 saturated carbocycles. The summed E-state index contributed by atoms with van der Waals surface area (Å²) in [6.45, 7) is 4.06. The molecule has 3 amide bonds. The molecule has 1 aliphatic heterocycles. The minimum absolute atomic E-state index is 0.0231. The van der Waals surface area contributed by atoms with E-state index in [1.807, 2.05) is 38.1 Å². The number of rotatable bonds is 6. The van der Waals surface area contributed by atoms with Crippen molar-refractivity contribution in [2.24, 2.45) is 4.99 Å². The van der Waals surface area contributed by atoms with Crippen LogP contribution in [0.15, 0.2) is 77.8 Å². The molecule has 1 saturated heterocycles. The number of nitrogens with one attached hydrogen (secondary N) is 1. The van der Waals surface area contributed by atoms with E-state index in [1.165, 1.54) is 33.5 Å². The third-order valence-electron chi connectivity index (χ3n) is 6.10. The Morgan fingerprint density at radius 3 is 2.43 bits per heavy atom. The molecule has 3 N–H and O–H groups in total. The van der Waals surface area contributed by atoms with Crippen LogP contribution in [-0.2, 0) is 4.79 Å². The molecule has 2 heterocycles. The van der Waals surface area contributed by atoms with Crippen LogP contribution in [0.3, 0.4) is 0 Å². The van der Waals surface area contributed by atoms with Gasteiger partial charge < -0.3 is 15.8 Å². The molecule has 216 valence electrons. The van der Waals surface area contributed by atoms with Crippen LogP contribution in [0.4, 0.5) is 35.3 Å². The number of carbonyl (C=O) groups excluding carboxylic acids is 2. The number of halogens is 3. The molecule has 0 radical (unpaired) electrons. The number of para-hydroxylation sites is 1. The second-order valence-corrected chi connectivity index (χ2v) is 10.3. The molecule has 0 aliphatic carbocycles. The lowest BCUT2D eigenvalue weighted by Crippen LogP contribution is -2.31. The van der Waals surface area contributed by atoms with Crippen LogP contribution in [0.2, 0.25) is 0 Å². The van der Waals surface area contributed by atoms with Crippen molar-refractivity contribution < 1.29 is 27.5 Å². The molecule has 5 rings (SSSR count). The first-order valence-corrected chi connectivity index (χ1v) is 13.6. The number of aromatic nitrogens is 3. The first-order chi connectivity index (χ1) is 20.0. The number of amides is 3. The quantitative estimate of drug-likeness (QED) is 0.271. The smallest absolute Gasteiger partial charge is 0.406 e. The maximum Gasteiger partial charge on any atom is 0.573 e. The van der Waals surface area contributed by atoms with Crippen molar-refractivity contribution in [3.8, 4) is 22.8 Å². The lowest BCUT2D eigenvalue weighted by molar-refractivity contribution is -0.274. The third kappa shape index (κ3) is 6.38. The van der Waals surface area contributed by atoms with Crippen molar-refractivity contribution in [1.29, 1.82) is 0 Å². The van der Waals surface area contributed by atoms with Crippen molar-refractivity contribution >= 4 is 46.2 Å². The average Bonchev–Trinajstić information content (AvgIpc) is 3.50. The van der Waals surface area contributed by atoms with Crippen molar-refractivity contribution in [2.45, 2.75) is 26.1 Å². The molecule has 42 heavy (non-hydrogen) atoms. The molecule has 3 aromatic carbocycles. The summed E-state index contributed by atoms with van der Waals surface area (Å²) in [5.74, 6) is 0.112. The van der Waals surface area contributed by atoms with Crippen LogP contribution in [0.5, 0.6) is 5.75 Å². The number of hydrogen-bond acceptors (Lipinski definition) is 7. The molecule has 1 aliphatic rings. The Morgan fingerprint density at radius 2 is 1.76 bits per heavy atom. The molecule has 4 aromatic rings. The first-order valence-electron chi connectivity index (χ1n) is 12.6. The second-order valence-electron chi connectivity index (χ2n) is 9.38. The summed E-state index contributed by atoms with van der Waals surface area (Å²) in [4.78, 5) is 35.3. The summed E-state index contributed by atoms with van der Waals surface area (Å²) in [7, 11) is 0. The zero-order valence-electron chi connectivity index (χ0n) is 22.3. The fourth-order valence-electron chi connectivity index (χ4n) is 4.23. The molecule has 0 spiro atoms. The second kappa shape index (κ2) is 11.6. The number of nitrogens with two attached hydrogens (primary N) is 1. The van der Waals surface area contributed by atoms with Crippen LogP contribution < -0.4 is 20.7 Å². The standard InChI is InChI=1S/C28H24F3N7O3S/c1-16(2)21-5-3-4-6-22(21)37-23(39)15-42-27(37)35-26(40)33-18-9-7-17(8-10-18)24-34-25(32)38(36-24)19-11-13-20(14-12-19)41-28(29,30)31/h3-14,16H,15H2,1-2H3,(H,33,40)(H2,32,34,36). The maximum absolute atomic E-state index is 12.8. The Balaban J connectivity index is 1.29. The number of thioether (sulfide) groups is 1. The number of ether oxygens (including phenoxy) is 1. The fourth-order valence-corrected chi connectivity index (χ4v) is 5.09. The van der Waals surface area contributed by atoms with Gasteiger partial charge in [0.05, 0.1) is 17.1 Å². The van der Waals surface area contributed by atoms with E-state index < -0.39 is 12.4 Å². The molecule has 14 heteroatoms. The highest BCUT2D eigenvalue weighted by molar-refractivity contribution is 8.15. The number of urea groups is 1. The van der Waals surface area contributed by atoms with E-state index in [0.717, 1.165) is 17.7 Å². The summed E-state index contributed by atoms with van der Waals surface area (Å²) in [5.41, 5.74) is 9.08. The van der Waals surface area contributed by atoms with Gasteiger partial charge >= 0.3 is 12.4 Å². The molecule has 0 bridgehead atoms. The minimum atomic E-state index is -4.80. The van der Waals surface area contributed by atoms with Gasteiger partial charge in [-0.25, -0.2) is 4.79 Å². The van der Waals surface area contributed by atoms with E-state index in [2.05, 4.69) is 25.1 Å². The number of hydrogen-bond donors (Lipinski definition) is 2. The fraction of sp³-hybridized carbons (Fsp3) is 0.179. The number of nitrogen functional groups attached to an aromatic ring is 1. The molecular formula is C28H24F3N7O3S. The van der Waals surface area contributed by atoms with Crippen LogP contribution in [-0.4, -0.2) is 44.0 Å². The van der Waals surface area contributed by atoms with Gasteiger partial charge in [-0.3, -0.25) is 9.69 Å². The van der Waals surface area contributed by atoms with Crippen LogP contribution in [0.25, 0.3) is 17.1 Å². The predicted octanol–water partition coefficient (Wildman–Crippen LogP) is 6.21. The number of nitrogens with zero attached hydrogens (tertiary/aromatic N) is 5. The van der Waals surface area contributed by atoms with Crippen LogP contribution >= 0.6 is 11.8 Å². The summed E-state index contributed by atoms with van der Waals surface area (Å²) < 4.78 is 42.4. The van der Waals surface area contributed by atoms with Crippen molar-refractivity contribution in [2.75, 3.05) is 21.7 Å². The van der Waals surface area contributed by atoms with Gasteiger partial charge in [-0.05, 0) is 66.1 Å². The summed E-state index contributed by atoms with van der Waals surface area (Å²) in [6, 6.07) is 18.5. The Bertz CT molecular complexity index is 1650. The zero-order chi connectivity index (χ0) is 30.0. The molecule has 1 aromatic heterocycles. The Hall–Kier alpha value is -4.85. The normalized spacial score (nSPS) is 14.6. The van der Waals surface area contributed by atoms with Gasteiger partial charge in [0.1, 0.15) is 5.75 Å². The largest absolute Gasteiger partial charge is 0.573 e. The van der Waals surface area contributed by atoms with E-state index in [-0.39, 0.29) is 35.1 Å². The topological polar surface area (TPSA) is 128 Å². The minimum Gasteiger partial charge on any atom is -0.406 e. The van der Waals surface area contributed by atoms with E-state index in [9.17, 15) is 22.8 Å². The van der Waals surface area contributed by atoms with E-state index in [4.69, 9.17) is 5.73 Å². The van der Waals surface area contributed by atoms with Gasteiger partial charge in [-0.1, -0.05) is 43.8 Å². The van der Waals surface area contributed by atoms with Crippen LogP contribution in [0.1, 0.15) is 25.3 Å². The van der Waals surface area contributed by atoms with Gasteiger partial charge in [0, 0.05) is 11.3 Å². The van der Waals surface area contributed by atoms with Gasteiger partial charge in [-0.15, -0.1) is 18.3 Å². The number of anilines is 3. The number of carbonyl (C=O) groups is 2. The van der Waals surface area contributed by atoms with E-state index in [1.54, 1.807) is 24.3 Å². The monoisotopic (exact) mass is 595 g/mol. The SMILES string of the molecule is CC(C)c1ccccc1N1C(=O)CSC1=NC(=O)Nc1ccc(-c2nc(N)n(-c3ccc(OC(F)(F)F)cc3)n2)cc1. The summed E-state index contributed by atoms with van der Waals surface area (Å²) in [6.07, 6.45) is -4.80. The van der Waals surface area contributed by atoms with Gasteiger partial charge in [0.25, 0.3) is 0 Å². The summed E-state index contributed by atoms with van der Waals surface area (Å²) in [5, 5.41) is 7.34. The van der Waals surface area contributed by atoms with Crippen molar-refractivity contribution in [3.63, 3.8) is 0 Å². The highest BCUT2D eigenvalue weighted by atomic mass is 32.2. The molecule has 0 atom stereocenters. The van der Waals surface area contributed by atoms with Crippen molar-refractivity contribution in [3.05, 3.63) is 78.4 Å².